The minimum atomic E-state index is 0.687. The number of hydrogen-bond donors (Lipinski definition) is 2. The van der Waals surface area contributed by atoms with Gasteiger partial charge in [0.1, 0.15) is 0 Å². The van der Waals surface area contributed by atoms with E-state index in [2.05, 4.69) is 5.32 Å². The number of nitrogen functional groups attached to an aromatic ring is 1. The van der Waals surface area contributed by atoms with Gasteiger partial charge in [-0.2, -0.15) is 0 Å². The zero-order valence-corrected chi connectivity index (χ0v) is 8.31. The largest absolute Gasteiger partial charge is 0.398 e. The fourth-order valence-corrected chi connectivity index (χ4v) is 1.27. The second kappa shape index (κ2) is 4.90. The molecule has 2 nitrogen and oxygen atoms in total. The van der Waals surface area contributed by atoms with Gasteiger partial charge in [-0.1, -0.05) is 29.8 Å². The quantitative estimate of drug-likeness (QED) is 0.728. The molecule has 0 radical (unpaired) electrons. The number of nitrogens with one attached hydrogen (secondary N) is 1. The number of anilines is 1. The van der Waals surface area contributed by atoms with Crippen LogP contribution in [-0.2, 0) is 0 Å². The van der Waals surface area contributed by atoms with Crippen LogP contribution in [0, 0.1) is 0 Å². The van der Waals surface area contributed by atoms with E-state index in [-0.39, 0.29) is 0 Å². The highest BCUT2D eigenvalue weighted by atomic mass is 35.5. The van der Waals surface area contributed by atoms with E-state index in [1.54, 1.807) is 0 Å². The maximum atomic E-state index is 5.96. The summed E-state index contributed by atoms with van der Waals surface area (Å²) in [5.41, 5.74) is 7.34. The first-order chi connectivity index (χ1) is 6.25. The first-order valence-electron chi connectivity index (χ1n) is 4.11. The van der Waals surface area contributed by atoms with Gasteiger partial charge in [-0.3, -0.25) is 0 Å². The standard InChI is InChI=1S/C10H13ClN2/c1-13-7-3-4-8-9(11)5-2-6-10(8)12/h2-6,13H,7,12H2,1H3. The van der Waals surface area contributed by atoms with Gasteiger partial charge in [0.25, 0.3) is 0 Å². The third kappa shape index (κ3) is 2.76. The lowest BCUT2D eigenvalue weighted by molar-refractivity contribution is 0.922. The normalized spacial score (nSPS) is 10.9. The van der Waals surface area contributed by atoms with Crippen LogP contribution in [0.25, 0.3) is 6.08 Å². The molecule has 0 saturated carbocycles. The second-order valence-corrected chi connectivity index (χ2v) is 3.11. The fourth-order valence-electron chi connectivity index (χ4n) is 1.02. The van der Waals surface area contributed by atoms with E-state index in [1.807, 2.05) is 37.4 Å². The topological polar surface area (TPSA) is 38.0 Å². The number of rotatable bonds is 3. The van der Waals surface area contributed by atoms with Crippen LogP contribution in [0.2, 0.25) is 5.02 Å². The summed E-state index contributed by atoms with van der Waals surface area (Å²) >= 11 is 5.96. The summed E-state index contributed by atoms with van der Waals surface area (Å²) in [6.07, 6.45) is 3.91. The predicted molar refractivity (Wildman–Crippen MR) is 58.8 cm³/mol. The van der Waals surface area contributed by atoms with Crippen molar-refractivity contribution in [2.45, 2.75) is 0 Å². The third-order valence-electron chi connectivity index (χ3n) is 1.69. The summed E-state index contributed by atoms with van der Waals surface area (Å²) in [7, 11) is 1.89. The van der Waals surface area contributed by atoms with E-state index in [9.17, 15) is 0 Å². The molecule has 0 saturated heterocycles. The highest BCUT2D eigenvalue weighted by molar-refractivity contribution is 6.32. The Hall–Kier alpha value is -0.990. The van der Waals surface area contributed by atoms with Crippen LogP contribution in [0.5, 0.6) is 0 Å². The van der Waals surface area contributed by atoms with E-state index in [1.165, 1.54) is 0 Å². The molecular weight excluding hydrogens is 184 g/mol. The highest BCUT2D eigenvalue weighted by Crippen LogP contribution is 2.22. The Morgan fingerprint density at radius 1 is 1.54 bits per heavy atom. The number of benzene rings is 1. The van der Waals surface area contributed by atoms with Crippen LogP contribution in [0.1, 0.15) is 5.56 Å². The molecular formula is C10H13ClN2. The van der Waals surface area contributed by atoms with Gasteiger partial charge in [0.05, 0.1) is 0 Å². The molecule has 0 atom stereocenters. The molecule has 0 heterocycles. The van der Waals surface area contributed by atoms with E-state index in [0.29, 0.717) is 10.7 Å². The predicted octanol–water partition coefficient (Wildman–Crippen LogP) is 2.15. The van der Waals surface area contributed by atoms with Crippen molar-refractivity contribution in [3.63, 3.8) is 0 Å². The molecule has 1 aromatic rings. The maximum absolute atomic E-state index is 5.96. The minimum absolute atomic E-state index is 0.687. The first kappa shape index (κ1) is 10.1. The molecule has 3 N–H and O–H groups in total. The second-order valence-electron chi connectivity index (χ2n) is 2.70. The van der Waals surface area contributed by atoms with Crippen LogP contribution in [0.15, 0.2) is 24.3 Å². The first-order valence-corrected chi connectivity index (χ1v) is 4.48. The molecule has 0 unspecified atom stereocenters. The molecule has 1 aromatic carbocycles. The molecule has 0 aliphatic heterocycles. The van der Waals surface area contributed by atoms with Crippen LogP contribution in [0.4, 0.5) is 5.69 Å². The zero-order valence-electron chi connectivity index (χ0n) is 7.55. The summed E-state index contributed by atoms with van der Waals surface area (Å²) in [5.74, 6) is 0. The molecule has 70 valence electrons. The van der Waals surface area contributed by atoms with Crippen molar-refractivity contribution in [3.05, 3.63) is 34.9 Å². The Morgan fingerprint density at radius 2 is 2.31 bits per heavy atom. The smallest absolute Gasteiger partial charge is 0.0498 e. The average Bonchev–Trinajstić information content (AvgIpc) is 2.10. The van der Waals surface area contributed by atoms with Crippen molar-refractivity contribution >= 4 is 23.4 Å². The van der Waals surface area contributed by atoms with Gasteiger partial charge in [-0.15, -0.1) is 0 Å². The zero-order chi connectivity index (χ0) is 9.68. The minimum Gasteiger partial charge on any atom is -0.398 e. The lowest BCUT2D eigenvalue weighted by atomic mass is 10.1. The van der Waals surface area contributed by atoms with Gasteiger partial charge in [-0.25, -0.2) is 0 Å². The summed E-state index contributed by atoms with van der Waals surface area (Å²) in [6, 6.07) is 5.51. The number of likely N-dealkylation sites (N-methyl/N-ethyl adjacent to an activating group) is 1. The van der Waals surface area contributed by atoms with Gasteiger partial charge in [0.2, 0.25) is 0 Å². The van der Waals surface area contributed by atoms with E-state index < -0.39 is 0 Å². The number of hydrogen-bond acceptors (Lipinski definition) is 2. The van der Waals surface area contributed by atoms with Gasteiger partial charge < -0.3 is 11.1 Å². The van der Waals surface area contributed by atoms with Crippen molar-refractivity contribution in [3.8, 4) is 0 Å². The third-order valence-corrected chi connectivity index (χ3v) is 2.02. The maximum Gasteiger partial charge on any atom is 0.0498 e. The van der Waals surface area contributed by atoms with Crippen LogP contribution >= 0.6 is 11.6 Å². The summed E-state index contributed by atoms with van der Waals surface area (Å²) in [5, 5.41) is 3.69. The van der Waals surface area contributed by atoms with Crippen molar-refractivity contribution in [2.24, 2.45) is 0 Å². The van der Waals surface area contributed by atoms with Crippen molar-refractivity contribution < 1.29 is 0 Å². The fraction of sp³-hybridized carbons (Fsp3) is 0.200. The molecule has 13 heavy (non-hydrogen) atoms. The van der Waals surface area contributed by atoms with Gasteiger partial charge in [-0.05, 0) is 19.2 Å². The molecule has 0 bridgehead atoms. The number of nitrogens with two attached hydrogens (primary N) is 1. The Bertz CT molecular complexity index is 288. The van der Waals surface area contributed by atoms with Crippen LogP contribution in [-0.4, -0.2) is 13.6 Å². The van der Waals surface area contributed by atoms with Crippen molar-refractivity contribution in [1.29, 1.82) is 0 Å². The van der Waals surface area contributed by atoms with E-state index >= 15 is 0 Å². The Balaban J connectivity index is 2.87. The summed E-state index contributed by atoms with van der Waals surface area (Å²) in [4.78, 5) is 0. The molecule has 0 fully saturated rings. The van der Waals surface area contributed by atoms with Gasteiger partial charge >= 0.3 is 0 Å². The van der Waals surface area contributed by atoms with E-state index in [4.69, 9.17) is 17.3 Å². The lowest BCUT2D eigenvalue weighted by Crippen LogP contribution is -2.03. The summed E-state index contributed by atoms with van der Waals surface area (Å²) < 4.78 is 0. The Kier molecular flexibility index (Phi) is 3.80. The molecule has 0 aliphatic carbocycles. The summed E-state index contributed by atoms with van der Waals surface area (Å²) in [6.45, 7) is 0.810. The highest BCUT2D eigenvalue weighted by Gasteiger charge is 1.98. The Labute approximate surface area is 83.4 Å². The molecule has 0 amide bonds. The monoisotopic (exact) mass is 196 g/mol. The average molecular weight is 197 g/mol. The van der Waals surface area contributed by atoms with E-state index in [0.717, 1.165) is 12.1 Å². The SMILES string of the molecule is CNCC=Cc1c(N)cccc1Cl. The van der Waals surface area contributed by atoms with Gasteiger partial charge in [0.15, 0.2) is 0 Å². The van der Waals surface area contributed by atoms with Crippen molar-refractivity contribution in [1.82, 2.24) is 5.32 Å². The molecule has 3 heteroatoms. The van der Waals surface area contributed by atoms with Crippen LogP contribution in [0.3, 0.4) is 0 Å². The number of halogens is 1. The Morgan fingerprint density at radius 3 is 2.92 bits per heavy atom. The van der Waals surface area contributed by atoms with Crippen molar-refractivity contribution in [2.75, 3.05) is 19.3 Å². The molecule has 1 rings (SSSR count). The molecule has 0 aromatic heterocycles. The van der Waals surface area contributed by atoms with Crippen LogP contribution < -0.4 is 11.1 Å². The van der Waals surface area contributed by atoms with Gasteiger partial charge in [0, 0.05) is 22.8 Å². The molecule has 0 spiro atoms. The lowest BCUT2D eigenvalue weighted by Gasteiger charge is -2.01. The molecule has 0 aliphatic rings.